The van der Waals surface area contributed by atoms with Gasteiger partial charge in [0.25, 0.3) is 5.91 Å². The second-order valence-electron chi connectivity index (χ2n) is 12.5. The summed E-state index contributed by atoms with van der Waals surface area (Å²) in [4.78, 5) is 45.2. The number of piperidine rings is 1. The van der Waals surface area contributed by atoms with E-state index in [0.717, 1.165) is 6.07 Å². The Bertz CT molecular complexity index is 1880. The summed E-state index contributed by atoms with van der Waals surface area (Å²) in [6.07, 6.45) is 1.76. The lowest BCUT2D eigenvalue weighted by Crippen LogP contribution is -2.50. The van der Waals surface area contributed by atoms with Crippen molar-refractivity contribution in [1.82, 2.24) is 19.6 Å². The number of hydrogen-bond donors (Lipinski definition) is 2. The number of carbonyl (C=O) groups is 3. The minimum Gasteiger partial charge on any atom is -0.481 e. The summed E-state index contributed by atoms with van der Waals surface area (Å²) in [6.45, 7) is 7.36. The molecular weight excluding hydrogens is 592 g/mol. The van der Waals surface area contributed by atoms with Crippen molar-refractivity contribution in [1.29, 1.82) is 0 Å². The van der Waals surface area contributed by atoms with Crippen molar-refractivity contribution in [2.75, 3.05) is 6.54 Å². The molecule has 2 N–H and O–H groups in total. The van der Waals surface area contributed by atoms with Crippen LogP contribution in [0.15, 0.2) is 48.8 Å². The highest BCUT2D eigenvalue weighted by molar-refractivity contribution is 5.98. The first-order valence-corrected chi connectivity index (χ1v) is 14.4. The number of carboxylic acids is 1. The van der Waals surface area contributed by atoms with E-state index in [4.69, 9.17) is 0 Å². The number of aliphatic carboxylic acids is 1. The minimum atomic E-state index is -1.50. The molecule has 0 unspecified atom stereocenters. The van der Waals surface area contributed by atoms with Crippen LogP contribution in [0.4, 0.5) is 17.6 Å². The summed E-state index contributed by atoms with van der Waals surface area (Å²) in [5.41, 5.74) is 1.17. The van der Waals surface area contributed by atoms with Gasteiger partial charge in [0.2, 0.25) is 5.91 Å². The lowest BCUT2D eigenvalue weighted by molar-refractivity contribution is -0.138. The van der Waals surface area contributed by atoms with Crippen LogP contribution < -0.4 is 5.32 Å². The van der Waals surface area contributed by atoms with Gasteiger partial charge in [-0.05, 0) is 89.8 Å². The number of aromatic nitrogens is 2. The molecule has 1 saturated heterocycles. The molecule has 4 aromatic rings. The molecule has 12 heteroatoms. The van der Waals surface area contributed by atoms with E-state index in [1.54, 1.807) is 13.8 Å². The van der Waals surface area contributed by atoms with Crippen LogP contribution in [-0.4, -0.2) is 49.8 Å². The van der Waals surface area contributed by atoms with Crippen LogP contribution in [0.2, 0.25) is 0 Å². The first-order chi connectivity index (χ1) is 21.2. The number of benzene rings is 2. The number of hydrogen-bond acceptors (Lipinski definition) is 4. The molecule has 2 aromatic heterocycles. The fourth-order valence-corrected chi connectivity index (χ4v) is 7.05. The van der Waals surface area contributed by atoms with Gasteiger partial charge < -0.3 is 19.7 Å². The maximum atomic E-state index is 15.4. The Kier molecular flexibility index (Phi) is 7.21. The summed E-state index contributed by atoms with van der Waals surface area (Å²) in [6, 6.07) is 4.78. The topological polar surface area (TPSA) is 104 Å². The normalized spacial score (nSPS) is 20.6. The third kappa shape index (κ3) is 5.21. The molecule has 1 aliphatic carbocycles. The Morgan fingerprint density at radius 2 is 1.71 bits per heavy atom. The quantitative estimate of drug-likeness (QED) is 0.261. The van der Waals surface area contributed by atoms with Crippen molar-refractivity contribution in [2.24, 2.45) is 17.3 Å². The Labute approximate surface area is 255 Å². The third-order valence-corrected chi connectivity index (χ3v) is 9.29. The highest BCUT2D eigenvalue weighted by atomic mass is 19.2. The van der Waals surface area contributed by atoms with Crippen LogP contribution >= 0.6 is 0 Å². The predicted octanol–water partition coefficient (Wildman–Crippen LogP) is 5.60. The average molecular weight is 623 g/mol. The number of likely N-dealkylation sites (tertiary alicyclic amines) is 1. The number of halogens is 4. The first-order valence-electron chi connectivity index (χ1n) is 14.4. The zero-order valence-electron chi connectivity index (χ0n) is 24.9. The third-order valence-electron chi connectivity index (χ3n) is 9.29. The Morgan fingerprint density at radius 3 is 2.38 bits per heavy atom. The van der Waals surface area contributed by atoms with Crippen LogP contribution in [0.1, 0.15) is 53.5 Å². The summed E-state index contributed by atoms with van der Waals surface area (Å²) >= 11 is 0. The molecule has 2 amide bonds. The molecule has 1 aliphatic heterocycles. The minimum absolute atomic E-state index is 0.00885. The van der Waals surface area contributed by atoms with E-state index in [1.807, 2.05) is 13.8 Å². The number of carboxylic acid groups (broad SMARTS) is 1. The zero-order valence-corrected chi connectivity index (χ0v) is 24.9. The maximum absolute atomic E-state index is 15.4. The molecule has 0 bridgehead atoms. The van der Waals surface area contributed by atoms with Gasteiger partial charge in [0.05, 0.1) is 12.5 Å². The number of imidazole rings is 1. The number of fused-ring (bicyclic) bond motifs is 2. The Morgan fingerprint density at radius 1 is 1.02 bits per heavy atom. The van der Waals surface area contributed by atoms with Crippen LogP contribution in [-0.2, 0) is 9.59 Å². The molecule has 8 nitrogen and oxygen atoms in total. The summed E-state index contributed by atoms with van der Waals surface area (Å²) < 4.78 is 59.5. The Balaban J connectivity index is 1.35. The number of nitrogens with zero attached hydrogens (tertiary/aromatic N) is 3. The van der Waals surface area contributed by atoms with Crippen LogP contribution in [0.5, 0.6) is 0 Å². The van der Waals surface area contributed by atoms with Gasteiger partial charge in [-0.2, -0.15) is 0 Å². The highest BCUT2D eigenvalue weighted by Crippen LogP contribution is 2.65. The molecule has 6 rings (SSSR count). The second-order valence-corrected chi connectivity index (χ2v) is 12.5. The van der Waals surface area contributed by atoms with Crippen LogP contribution in [0.3, 0.4) is 0 Å². The van der Waals surface area contributed by atoms with Crippen molar-refractivity contribution >= 4 is 23.4 Å². The van der Waals surface area contributed by atoms with E-state index in [0.29, 0.717) is 22.3 Å². The van der Waals surface area contributed by atoms with Gasteiger partial charge in [0, 0.05) is 24.5 Å². The molecule has 2 aromatic carbocycles. The van der Waals surface area contributed by atoms with Crippen molar-refractivity contribution in [3.8, 4) is 11.1 Å². The molecule has 2 aliphatic rings. The molecule has 3 heterocycles. The number of aryl methyl sites for hydroxylation is 2. The van der Waals surface area contributed by atoms with Crippen molar-refractivity contribution < 1.29 is 37.1 Å². The van der Waals surface area contributed by atoms with Crippen molar-refractivity contribution in [3.05, 3.63) is 94.4 Å². The lowest BCUT2D eigenvalue weighted by atomic mass is 9.91. The second kappa shape index (κ2) is 10.7. The molecule has 234 valence electrons. The number of nitrogens with one attached hydrogen (secondary N) is 1. The van der Waals surface area contributed by atoms with E-state index in [2.05, 4.69) is 10.3 Å². The molecule has 4 atom stereocenters. The van der Waals surface area contributed by atoms with E-state index in [1.165, 1.54) is 52.0 Å². The van der Waals surface area contributed by atoms with E-state index in [9.17, 15) is 28.3 Å². The molecule has 2 fully saturated rings. The van der Waals surface area contributed by atoms with Gasteiger partial charge in [0.1, 0.15) is 29.0 Å². The average Bonchev–Trinajstić information content (AvgIpc) is 3.30. The summed E-state index contributed by atoms with van der Waals surface area (Å²) in [7, 11) is 0. The van der Waals surface area contributed by atoms with Crippen LogP contribution in [0, 0.1) is 54.4 Å². The summed E-state index contributed by atoms with van der Waals surface area (Å²) in [5, 5.41) is 12.3. The number of pyridine rings is 1. The van der Waals surface area contributed by atoms with Gasteiger partial charge in [-0.15, -0.1) is 0 Å². The van der Waals surface area contributed by atoms with Gasteiger partial charge in [0.15, 0.2) is 11.6 Å². The fourth-order valence-electron chi connectivity index (χ4n) is 7.05. The van der Waals surface area contributed by atoms with Crippen molar-refractivity contribution in [2.45, 2.75) is 46.2 Å². The number of carbonyl (C=O) groups excluding carboxylic acids is 2. The summed E-state index contributed by atoms with van der Waals surface area (Å²) in [5.74, 6) is -6.60. The predicted molar refractivity (Wildman–Crippen MR) is 155 cm³/mol. The number of rotatable bonds is 7. The van der Waals surface area contributed by atoms with Gasteiger partial charge >= 0.3 is 5.97 Å². The number of amides is 2. The lowest BCUT2D eigenvalue weighted by Gasteiger charge is -2.31. The van der Waals surface area contributed by atoms with E-state index in [-0.39, 0.29) is 35.1 Å². The molecule has 0 radical (unpaired) electrons. The fraction of sp³-hybridized carbons (Fsp3) is 0.333. The molecule has 0 spiro atoms. The standard InChI is InChI=1S/C33H30F4N4O4/c1-15-7-19(35)8-16(2)27(15)17-9-20(29(37)22(36)10-17)23(11-26(42)43)39-31(44)30-28-21(33(28,3)4)13-41(30)32(45)24-14-40-12-18(34)5-6-25(40)38-24/h5-10,12,14,21,23,28,30H,11,13H2,1-4H3,(H,39,44)(H,42,43)/t21-,23-,28-,30-/m0/s1. The monoisotopic (exact) mass is 622 g/mol. The molecular formula is C33H30F4N4O4. The van der Waals surface area contributed by atoms with E-state index >= 15 is 8.78 Å². The SMILES string of the molecule is Cc1cc(F)cc(C)c1-c1cc(F)c(F)c([C@H](CC(=O)O)NC(=O)[C@@H]2[C@@H]3[C@H](CN2C(=O)c2cn4cc(F)ccc4n2)C3(C)C)c1. The maximum Gasteiger partial charge on any atom is 0.305 e. The molecule has 1 saturated carbocycles. The first kappa shape index (κ1) is 30.3. The van der Waals surface area contributed by atoms with Crippen molar-refractivity contribution in [3.63, 3.8) is 0 Å². The van der Waals surface area contributed by atoms with Gasteiger partial charge in [-0.1, -0.05) is 13.8 Å². The smallest absolute Gasteiger partial charge is 0.305 e. The zero-order chi connectivity index (χ0) is 32.5. The van der Waals surface area contributed by atoms with Gasteiger partial charge in [-0.25, -0.2) is 22.5 Å². The largest absolute Gasteiger partial charge is 0.481 e. The highest BCUT2D eigenvalue weighted by Gasteiger charge is 2.69. The van der Waals surface area contributed by atoms with Gasteiger partial charge in [-0.3, -0.25) is 14.4 Å². The molecule has 45 heavy (non-hydrogen) atoms. The van der Waals surface area contributed by atoms with Crippen LogP contribution in [0.25, 0.3) is 16.8 Å². The van der Waals surface area contributed by atoms with E-state index < -0.39 is 65.1 Å². The Hall–Kier alpha value is -4.74.